The summed E-state index contributed by atoms with van der Waals surface area (Å²) in [5.41, 5.74) is 3.25. The smallest absolute Gasteiger partial charge is 0.137 e. The fourth-order valence-corrected chi connectivity index (χ4v) is 2.41. The molecule has 0 spiro atoms. The van der Waals surface area contributed by atoms with Gasteiger partial charge in [0.2, 0.25) is 0 Å². The number of methoxy groups -OCH3 is 1. The molecule has 3 aromatic rings. The second-order valence-electron chi connectivity index (χ2n) is 4.37. The Labute approximate surface area is 120 Å². The normalized spacial score (nSPS) is 10.8. The van der Waals surface area contributed by atoms with Crippen molar-refractivity contribution in [3.05, 3.63) is 64.5 Å². The van der Waals surface area contributed by atoms with E-state index < -0.39 is 0 Å². The molecule has 0 saturated carbocycles. The topological polar surface area (TPSA) is 26.5 Å². The average molecular weight is 317 g/mol. The van der Waals surface area contributed by atoms with Crippen LogP contribution in [0.3, 0.4) is 0 Å². The van der Waals surface area contributed by atoms with E-state index in [4.69, 9.17) is 4.74 Å². The highest BCUT2D eigenvalue weighted by Gasteiger charge is 2.03. The lowest BCUT2D eigenvalue weighted by atomic mass is 10.1. The standard InChI is InChI=1S/C15H13BrN2O/c1-19-14-5-2-11(3-6-14)8-13-10-18-9-12(16)4-7-15(18)17-13/h2-7,9-10H,8H2,1H3. The molecule has 0 N–H and O–H groups in total. The SMILES string of the molecule is COc1ccc(Cc2cn3cc(Br)ccc3n2)cc1. The zero-order valence-electron chi connectivity index (χ0n) is 10.5. The zero-order valence-corrected chi connectivity index (χ0v) is 12.1. The van der Waals surface area contributed by atoms with Gasteiger partial charge in [-0.3, -0.25) is 0 Å². The van der Waals surface area contributed by atoms with Gasteiger partial charge in [-0.25, -0.2) is 4.98 Å². The van der Waals surface area contributed by atoms with Gasteiger partial charge in [0, 0.05) is 23.3 Å². The van der Waals surface area contributed by atoms with Crippen LogP contribution in [0.5, 0.6) is 5.75 Å². The molecule has 96 valence electrons. The number of halogens is 1. The number of ether oxygens (including phenoxy) is 1. The van der Waals surface area contributed by atoms with Gasteiger partial charge in [-0.2, -0.15) is 0 Å². The molecule has 1 aromatic carbocycles. The summed E-state index contributed by atoms with van der Waals surface area (Å²) >= 11 is 3.46. The molecule has 2 heterocycles. The quantitative estimate of drug-likeness (QED) is 0.736. The van der Waals surface area contributed by atoms with E-state index in [-0.39, 0.29) is 0 Å². The number of aromatic nitrogens is 2. The van der Waals surface area contributed by atoms with Crippen molar-refractivity contribution in [2.24, 2.45) is 0 Å². The minimum Gasteiger partial charge on any atom is -0.497 e. The summed E-state index contributed by atoms with van der Waals surface area (Å²) < 4.78 is 8.24. The first kappa shape index (κ1) is 12.2. The fourth-order valence-electron chi connectivity index (χ4n) is 2.05. The molecule has 0 aliphatic heterocycles. The Bertz CT molecular complexity index is 704. The van der Waals surface area contributed by atoms with Crippen molar-refractivity contribution >= 4 is 21.6 Å². The highest BCUT2D eigenvalue weighted by atomic mass is 79.9. The third kappa shape index (κ3) is 2.63. The Balaban J connectivity index is 1.87. The van der Waals surface area contributed by atoms with Gasteiger partial charge in [-0.15, -0.1) is 0 Å². The highest BCUT2D eigenvalue weighted by molar-refractivity contribution is 9.10. The van der Waals surface area contributed by atoms with E-state index in [0.29, 0.717) is 0 Å². The summed E-state index contributed by atoms with van der Waals surface area (Å²) in [6.07, 6.45) is 4.90. The number of fused-ring (bicyclic) bond motifs is 1. The predicted molar refractivity (Wildman–Crippen MR) is 78.7 cm³/mol. The van der Waals surface area contributed by atoms with Gasteiger partial charge in [0.05, 0.1) is 12.8 Å². The van der Waals surface area contributed by atoms with Crippen molar-refractivity contribution < 1.29 is 4.74 Å². The lowest BCUT2D eigenvalue weighted by Crippen LogP contribution is -1.89. The van der Waals surface area contributed by atoms with Crippen LogP contribution >= 0.6 is 15.9 Å². The van der Waals surface area contributed by atoms with Crippen molar-refractivity contribution in [2.45, 2.75) is 6.42 Å². The maximum Gasteiger partial charge on any atom is 0.137 e. The summed E-state index contributed by atoms with van der Waals surface area (Å²) in [6.45, 7) is 0. The monoisotopic (exact) mass is 316 g/mol. The van der Waals surface area contributed by atoms with Crippen molar-refractivity contribution in [2.75, 3.05) is 7.11 Å². The van der Waals surface area contributed by atoms with Gasteiger partial charge in [0.15, 0.2) is 0 Å². The van der Waals surface area contributed by atoms with Crippen LogP contribution in [-0.2, 0) is 6.42 Å². The summed E-state index contributed by atoms with van der Waals surface area (Å²) in [6, 6.07) is 12.1. The zero-order chi connectivity index (χ0) is 13.2. The number of rotatable bonds is 3. The van der Waals surface area contributed by atoms with Crippen LogP contribution in [0.2, 0.25) is 0 Å². The summed E-state index contributed by atoms with van der Waals surface area (Å²) in [4.78, 5) is 4.60. The Morgan fingerprint density at radius 2 is 1.89 bits per heavy atom. The van der Waals surface area contributed by atoms with Crippen LogP contribution in [0, 0.1) is 0 Å². The Kier molecular flexibility index (Phi) is 3.25. The van der Waals surface area contributed by atoms with E-state index in [2.05, 4.69) is 39.2 Å². The third-order valence-corrected chi connectivity index (χ3v) is 3.48. The number of hydrogen-bond acceptors (Lipinski definition) is 2. The van der Waals surface area contributed by atoms with Crippen molar-refractivity contribution in [3.8, 4) is 5.75 Å². The first-order valence-electron chi connectivity index (χ1n) is 6.01. The molecule has 0 atom stereocenters. The molecule has 0 bridgehead atoms. The van der Waals surface area contributed by atoms with Crippen molar-refractivity contribution in [1.29, 1.82) is 0 Å². The molecule has 0 saturated heterocycles. The molecule has 0 radical (unpaired) electrons. The molecule has 0 aliphatic carbocycles. The van der Waals surface area contributed by atoms with E-state index in [1.165, 1.54) is 5.56 Å². The Hall–Kier alpha value is -1.81. The molecule has 3 rings (SSSR count). The van der Waals surface area contributed by atoms with E-state index >= 15 is 0 Å². The van der Waals surface area contributed by atoms with Crippen molar-refractivity contribution in [3.63, 3.8) is 0 Å². The van der Waals surface area contributed by atoms with Crippen molar-refractivity contribution in [1.82, 2.24) is 9.38 Å². The minimum absolute atomic E-state index is 0.823. The molecule has 0 aliphatic rings. The lowest BCUT2D eigenvalue weighted by molar-refractivity contribution is 0.414. The predicted octanol–water partition coefficient (Wildman–Crippen LogP) is 3.70. The second-order valence-corrected chi connectivity index (χ2v) is 5.29. The van der Waals surface area contributed by atoms with E-state index in [1.54, 1.807) is 7.11 Å². The number of hydrogen-bond donors (Lipinski definition) is 0. The van der Waals surface area contributed by atoms with Gasteiger partial charge in [0.25, 0.3) is 0 Å². The van der Waals surface area contributed by atoms with Crippen LogP contribution < -0.4 is 4.74 Å². The molecule has 3 nitrogen and oxygen atoms in total. The summed E-state index contributed by atoms with van der Waals surface area (Å²) in [5, 5.41) is 0. The van der Waals surface area contributed by atoms with Gasteiger partial charge in [0.1, 0.15) is 11.4 Å². The molecule has 0 unspecified atom stereocenters. The highest BCUT2D eigenvalue weighted by Crippen LogP contribution is 2.16. The number of benzene rings is 1. The molecule has 19 heavy (non-hydrogen) atoms. The third-order valence-electron chi connectivity index (χ3n) is 3.01. The van der Waals surface area contributed by atoms with Gasteiger partial charge in [-0.1, -0.05) is 12.1 Å². The molecule has 0 amide bonds. The van der Waals surface area contributed by atoms with Crippen LogP contribution in [0.4, 0.5) is 0 Å². The minimum atomic E-state index is 0.823. The van der Waals surface area contributed by atoms with Gasteiger partial charge >= 0.3 is 0 Å². The first-order valence-corrected chi connectivity index (χ1v) is 6.80. The number of nitrogens with zero attached hydrogens (tertiary/aromatic N) is 2. The van der Waals surface area contributed by atoms with Crippen LogP contribution in [-0.4, -0.2) is 16.5 Å². The molecule has 4 heteroatoms. The number of imidazole rings is 1. The van der Waals surface area contributed by atoms with Crippen LogP contribution in [0.1, 0.15) is 11.3 Å². The fraction of sp³-hybridized carbons (Fsp3) is 0.133. The van der Waals surface area contributed by atoms with E-state index in [1.807, 2.05) is 34.9 Å². The summed E-state index contributed by atoms with van der Waals surface area (Å²) in [5.74, 6) is 0.877. The molecular weight excluding hydrogens is 304 g/mol. The van der Waals surface area contributed by atoms with Gasteiger partial charge < -0.3 is 9.14 Å². The Morgan fingerprint density at radius 3 is 2.63 bits per heavy atom. The average Bonchev–Trinajstić information content (AvgIpc) is 2.81. The maximum absolute atomic E-state index is 5.16. The lowest BCUT2D eigenvalue weighted by Gasteiger charge is -2.01. The second kappa shape index (κ2) is 5.05. The van der Waals surface area contributed by atoms with Crippen LogP contribution in [0.25, 0.3) is 5.65 Å². The maximum atomic E-state index is 5.16. The van der Waals surface area contributed by atoms with E-state index in [0.717, 1.165) is 28.0 Å². The largest absolute Gasteiger partial charge is 0.497 e. The Morgan fingerprint density at radius 1 is 1.11 bits per heavy atom. The number of pyridine rings is 1. The molecule has 2 aromatic heterocycles. The van der Waals surface area contributed by atoms with Gasteiger partial charge in [-0.05, 0) is 45.8 Å². The summed E-state index contributed by atoms with van der Waals surface area (Å²) in [7, 11) is 1.68. The molecule has 0 fully saturated rings. The van der Waals surface area contributed by atoms with E-state index in [9.17, 15) is 0 Å². The van der Waals surface area contributed by atoms with Crippen LogP contribution in [0.15, 0.2) is 53.3 Å². The first-order chi connectivity index (χ1) is 9.24. The molecular formula is C15H13BrN2O.